The molecule has 3 heterocycles. The lowest BCUT2D eigenvalue weighted by molar-refractivity contribution is -0.131. The van der Waals surface area contributed by atoms with Crippen LogP contribution in [0.5, 0.6) is 0 Å². The summed E-state index contributed by atoms with van der Waals surface area (Å²) in [7, 11) is 0. The highest BCUT2D eigenvalue weighted by Gasteiger charge is 2.47. The monoisotopic (exact) mass is 374 g/mol. The molecular formula is C18H16F2N4O3. The summed E-state index contributed by atoms with van der Waals surface area (Å²) in [6.07, 6.45) is 2.18. The van der Waals surface area contributed by atoms with Gasteiger partial charge in [-0.15, -0.1) is 0 Å². The fourth-order valence-corrected chi connectivity index (χ4v) is 2.92. The van der Waals surface area contributed by atoms with E-state index in [1.165, 1.54) is 18.5 Å². The number of halogens is 2. The minimum Gasteiger partial charge on any atom is -0.461 e. The first-order valence-corrected chi connectivity index (χ1v) is 8.17. The molecule has 1 fully saturated rings. The van der Waals surface area contributed by atoms with E-state index in [-0.39, 0.29) is 5.56 Å². The molecule has 140 valence electrons. The molecule has 3 rings (SSSR count). The number of nitriles is 1. The zero-order chi connectivity index (χ0) is 19.6. The summed E-state index contributed by atoms with van der Waals surface area (Å²) < 4.78 is 32.4. The molecule has 7 nitrogen and oxygen atoms in total. The number of alkyl halides is 2. The van der Waals surface area contributed by atoms with E-state index in [0.717, 1.165) is 4.90 Å². The molecule has 0 bridgehead atoms. The number of nitrogens with one attached hydrogen (secondary N) is 1. The molecule has 1 aliphatic rings. The molecule has 9 heteroatoms. The molecule has 0 aliphatic carbocycles. The summed E-state index contributed by atoms with van der Waals surface area (Å²) in [5.41, 5.74) is 0.675. The van der Waals surface area contributed by atoms with Crippen molar-refractivity contribution in [2.75, 3.05) is 13.1 Å². The molecule has 2 aromatic rings. The van der Waals surface area contributed by atoms with Gasteiger partial charge < -0.3 is 14.6 Å². The summed E-state index contributed by atoms with van der Waals surface area (Å²) in [6.45, 7) is 0.438. The quantitative estimate of drug-likeness (QED) is 0.884. The van der Waals surface area contributed by atoms with Crippen LogP contribution in [-0.2, 0) is 4.79 Å². The maximum atomic E-state index is 13.4. The number of carbonyl (C=O) groups excluding carboxylic acids is 2. The van der Waals surface area contributed by atoms with Crippen LogP contribution in [0.4, 0.5) is 8.78 Å². The lowest BCUT2D eigenvalue weighted by atomic mass is 10.1. The van der Waals surface area contributed by atoms with Crippen molar-refractivity contribution in [3.05, 3.63) is 41.9 Å². The first-order chi connectivity index (χ1) is 12.8. The van der Waals surface area contributed by atoms with Crippen molar-refractivity contribution in [1.82, 2.24) is 15.2 Å². The lowest BCUT2D eigenvalue weighted by Crippen LogP contribution is -2.43. The number of furan rings is 1. The Morgan fingerprint density at radius 3 is 2.89 bits per heavy atom. The van der Waals surface area contributed by atoms with Gasteiger partial charge in [-0.25, -0.2) is 8.78 Å². The van der Waals surface area contributed by atoms with Crippen LogP contribution in [0.15, 0.2) is 35.0 Å². The molecule has 1 aliphatic heterocycles. The lowest BCUT2D eigenvalue weighted by Gasteiger charge is -2.19. The number of nitrogens with zero attached hydrogens (tertiary/aromatic N) is 3. The predicted octanol–water partition coefficient (Wildman–Crippen LogP) is 2.14. The second kappa shape index (κ2) is 7.15. The van der Waals surface area contributed by atoms with Gasteiger partial charge >= 0.3 is 0 Å². The Bertz CT molecular complexity index is 919. The fourth-order valence-electron chi connectivity index (χ4n) is 2.92. The van der Waals surface area contributed by atoms with Crippen LogP contribution in [-0.4, -0.2) is 46.8 Å². The Hall–Kier alpha value is -3.28. The fraction of sp³-hybridized carbons (Fsp3) is 0.333. The van der Waals surface area contributed by atoms with Crippen LogP contribution in [0.25, 0.3) is 11.3 Å². The molecule has 0 saturated carbocycles. The number of likely N-dealkylation sites (tertiary alicyclic amines) is 1. The first-order valence-electron chi connectivity index (χ1n) is 8.17. The standard InChI is InChI=1S/C18H16F2N4O3/c1-11-2-3-15(27-11)14-8-22-5-4-13(14)17(26)23-9-16(25)24-10-18(19,20)6-12(24)7-21/h2-5,8,12H,6,9-10H2,1H3,(H,23,26)/t12-/m0/s1. The van der Waals surface area contributed by atoms with Gasteiger partial charge in [0, 0.05) is 24.4 Å². The Balaban J connectivity index is 1.70. The maximum Gasteiger partial charge on any atom is 0.268 e. The molecule has 1 N–H and O–H groups in total. The first kappa shape index (κ1) is 18.5. The van der Waals surface area contributed by atoms with Gasteiger partial charge in [0.25, 0.3) is 11.8 Å². The van der Waals surface area contributed by atoms with Gasteiger partial charge in [-0.2, -0.15) is 5.26 Å². The summed E-state index contributed by atoms with van der Waals surface area (Å²) >= 11 is 0. The van der Waals surface area contributed by atoms with E-state index in [1.807, 2.05) is 0 Å². The van der Waals surface area contributed by atoms with Gasteiger partial charge in [0.15, 0.2) is 0 Å². The molecule has 1 atom stereocenters. The zero-order valence-electron chi connectivity index (χ0n) is 14.4. The molecule has 0 unspecified atom stereocenters. The van der Waals surface area contributed by atoms with Crippen molar-refractivity contribution in [2.24, 2.45) is 0 Å². The van der Waals surface area contributed by atoms with E-state index >= 15 is 0 Å². The number of amides is 2. The van der Waals surface area contributed by atoms with Crippen molar-refractivity contribution in [3.63, 3.8) is 0 Å². The number of hydrogen-bond donors (Lipinski definition) is 1. The van der Waals surface area contributed by atoms with E-state index in [2.05, 4.69) is 10.3 Å². The van der Waals surface area contributed by atoms with Crippen LogP contribution < -0.4 is 5.32 Å². The van der Waals surface area contributed by atoms with Crippen LogP contribution >= 0.6 is 0 Å². The highest BCUT2D eigenvalue weighted by Crippen LogP contribution is 2.31. The van der Waals surface area contributed by atoms with Crippen LogP contribution in [0, 0.1) is 18.3 Å². The number of carbonyl (C=O) groups is 2. The molecule has 0 spiro atoms. The Morgan fingerprint density at radius 2 is 2.22 bits per heavy atom. The molecule has 0 radical (unpaired) electrons. The second-order valence-corrected chi connectivity index (χ2v) is 6.24. The maximum absolute atomic E-state index is 13.4. The third-order valence-corrected chi connectivity index (χ3v) is 4.21. The van der Waals surface area contributed by atoms with Gasteiger partial charge in [0.1, 0.15) is 17.6 Å². The van der Waals surface area contributed by atoms with Crippen LogP contribution in [0.3, 0.4) is 0 Å². The largest absolute Gasteiger partial charge is 0.461 e. The minimum atomic E-state index is -3.10. The molecule has 27 heavy (non-hydrogen) atoms. The number of aromatic nitrogens is 1. The highest BCUT2D eigenvalue weighted by atomic mass is 19.3. The van der Waals surface area contributed by atoms with Crippen LogP contribution in [0.1, 0.15) is 22.5 Å². The smallest absolute Gasteiger partial charge is 0.268 e. The zero-order valence-corrected chi connectivity index (χ0v) is 14.4. The SMILES string of the molecule is Cc1ccc(-c2cnccc2C(=O)NCC(=O)N2CC(F)(F)C[C@H]2C#N)o1. The molecule has 2 aromatic heterocycles. The average molecular weight is 374 g/mol. The minimum absolute atomic E-state index is 0.232. The van der Waals surface area contributed by atoms with Gasteiger partial charge in [0.05, 0.1) is 24.7 Å². The van der Waals surface area contributed by atoms with Gasteiger partial charge in [0.2, 0.25) is 5.91 Å². The van der Waals surface area contributed by atoms with Crippen molar-refractivity contribution in [3.8, 4) is 17.4 Å². The molecule has 1 saturated heterocycles. The Kier molecular flexibility index (Phi) is 4.90. The summed E-state index contributed by atoms with van der Waals surface area (Å²) in [6, 6.07) is 5.39. The van der Waals surface area contributed by atoms with Gasteiger partial charge in [-0.1, -0.05) is 0 Å². The van der Waals surface area contributed by atoms with Gasteiger partial charge in [-0.05, 0) is 25.1 Å². The third kappa shape index (κ3) is 3.95. The molecule has 0 aromatic carbocycles. The van der Waals surface area contributed by atoms with E-state index in [0.29, 0.717) is 17.1 Å². The summed E-state index contributed by atoms with van der Waals surface area (Å²) in [5, 5.41) is 11.4. The van der Waals surface area contributed by atoms with Crippen molar-refractivity contribution in [2.45, 2.75) is 25.3 Å². The topological polar surface area (TPSA) is 99.2 Å². The van der Waals surface area contributed by atoms with E-state index in [1.54, 1.807) is 25.1 Å². The van der Waals surface area contributed by atoms with E-state index < -0.39 is 43.3 Å². The number of aryl methyl sites for hydroxylation is 1. The van der Waals surface area contributed by atoms with Crippen molar-refractivity contribution in [1.29, 1.82) is 5.26 Å². The molecule has 2 amide bonds. The predicted molar refractivity (Wildman–Crippen MR) is 89.7 cm³/mol. The number of rotatable bonds is 4. The van der Waals surface area contributed by atoms with Crippen molar-refractivity contribution < 1.29 is 22.8 Å². The third-order valence-electron chi connectivity index (χ3n) is 4.21. The van der Waals surface area contributed by atoms with Crippen LogP contribution in [0.2, 0.25) is 0 Å². The summed E-state index contributed by atoms with van der Waals surface area (Å²) in [5.74, 6) is -3.31. The highest BCUT2D eigenvalue weighted by molar-refractivity contribution is 6.01. The summed E-state index contributed by atoms with van der Waals surface area (Å²) in [4.78, 5) is 29.4. The molecular weight excluding hydrogens is 358 g/mol. The second-order valence-electron chi connectivity index (χ2n) is 6.24. The van der Waals surface area contributed by atoms with E-state index in [9.17, 15) is 18.4 Å². The number of hydrogen-bond acceptors (Lipinski definition) is 5. The Labute approximate surface area is 153 Å². The average Bonchev–Trinajstić information content (AvgIpc) is 3.21. The normalized spacial score (nSPS) is 18.1. The number of pyridine rings is 1. The van der Waals surface area contributed by atoms with E-state index in [4.69, 9.17) is 9.68 Å². The Morgan fingerprint density at radius 1 is 1.44 bits per heavy atom. The van der Waals surface area contributed by atoms with Gasteiger partial charge in [-0.3, -0.25) is 14.6 Å². The van der Waals surface area contributed by atoms with Crippen molar-refractivity contribution >= 4 is 11.8 Å².